The lowest BCUT2D eigenvalue weighted by Crippen LogP contribution is -2.61. The number of aromatic nitrogens is 1. The molecule has 0 radical (unpaired) electrons. The zero-order chi connectivity index (χ0) is 16.7. The van der Waals surface area contributed by atoms with Crippen molar-refractivity contribution in [1.29, 1.82) is 0 Å². The van der Waals surface area contributed by atoms with Gasteiger partial charge < -0.3 is 19.1 Å². The number of aryl methyl sites for hydroxylation is 1. The largest absolute Gasteiger partial charge is 0.455 e. The molecule has 3 atom stereocenters. The number of rotatable bonds is 1. The van der Waals surface area contributed by atoms with E-state index in [1.165, 1.54) is 11.3 Å². The topological polar surface area (TPSA) is 60.7 Å². The van der Waals surface area contributed by atoms with E-state index in [0.29, 0.717) is 18.6 Å². The maximum atomic E-state index is 12.8. The smallest absolute Gasteiger partial charge is 0.237 e. The van der Waals surface area contributed by atoms with Gasteiger partial charge in [0.15, 0.2) is 5.75 Å². The lowest BCUT2D eigenvalue weighted by atomic mass is 9.58. The first-order valence-corrected chi connectivity index (χ1v) is 8.58. The van der Waals surface area contributed by atoms with Gasteiger partial charge in [-0.25, -0.2) is 0 Å². The number of hydrogen-bond acceptors (Lipinski definition) is 4. The minimum Gasteiger partial charge on any atom is -0.455 e. The molecule has 0 aromatic rings. The number of benzene rings is 1. The lowest BCUT2D eigenvalue weighted by molar-refractivity contribution is -0.261. The molecule has 1 spiro atoms. The monoisotopic (exact) mass is 327 g/mol. The fraction of sp³-hybridized carbons (Fsp3) is 0.526. The minimum absolute atomic E-state index is 0.112. The van der Waals surface area contributed by atoms with E-state index >= 15 is 0 Å². The maximum Gasteiger partial charge on any atom is 0.237 e. The number of methoxy groups -OCH3 is 1. The summed E-state index contributed by atoms with van der Waals surface area (Å²) in [4.78, 5) is 12.8. The molecule has 126 valence electrons. The second kappa shape index (κ2) is 4.41. The van der Waals surface area contributed by atoms with Gasteiger partial charge in [0, 0.05) is 49.0 Å². The quantitative estimate of drug-likeness (QED) is 0.870. The van der Waals surface area contributed by atoms with E-state index < -0.39 is 11.9 Å². The van der Waals surface area contributed by atoms with Gasteiger partial charge in [0.2, 0.25) is 11.2 Å². The van der Waals surface area contributed by atoms with Crippen LogP contribution in [0, 0.1) is 0 Å². The molecular formula is C19H21NO4. The molecule has 2 aliphatic heterocycles. The molecule has 1 N–H and O–H groups in total. The number of pyridine rings is 1. The van der Waals surface area contributed by atoms with Crippen LogP contribution in [0.1, 0.15) is 36.9 Å². The van der Waals surface area contributed by atoms with Gasteiger partial charge in [-0.15, -0.1) is 0 Å². The number of hydrogen-bond donors (Lipinski definition) is 1. The molecule has 1 saturated carbocycles. The summed E-state index contributed by atoms with van der Waals surface area (Å²) in [7, 11) is 3.62. The van der Waals surface area contributed by atoms with Crippen LogP contribution in [0.2, 0.25) is 0 Å². The molecule has 2 bridgehead atoms. The number of aliphatic hydroxyl groups is 1. The lowest BCUT2D eigenvalue weighted by Gasteiger charge is -2.55. The maximum absolute atomic E-state index is 12.8. The highest BCUT2D eigenvalue weighted by atomic mass is 16.7. The summed E-state index contributed by atoms with van der Waals surface area (Å²) in [6.07, 6.45) is 5.36. The highest BCUT2D eigenvalue weighted by molar-refractivity contribution is 5.77. The van der Waals surface area contributed by atoms with E-state index in [-0.39, 0.29) is 10.8 Å². The van der Waals surface area contributed by atoms with Crippen LogP contribution < -0.4 is 10.2 Å². The average molecular weight is 327 g/mol. The Morgan fingerprint density at radius 1 is 1.42 bits per heavy atom. The molecule has 0 aromatic carbocycles. The minimum atomic E-state index is -1.09. The van der Waals surface area contributed by atoms with Crippen LogP contribution in [0.4, 0.5) is 0 Å². The Labute approximate surface area is 140 Å². The normalized spacial score (nSPS) is 33.4. The van der Waals surface area contributed by atoms with Crippen molar-refractivity contribution in [2.45, 2.75) is 49.4 Å². The highest BCUT2D eigenvalue weighted by Gasteiger charge is 2.59. The van der Waals surface area contributed by atoms with Crippen molar-refractivity contribution in [1.82, 2.24) is 4.57 Å². The van der Waals surface area contributed by atoms with Gasteiger partial charge in [0.1, 0.15) is 6.10 Å². The molecule has 5 heteroatoms. The van der Waals surface area contributed by atoms with Crippen LogP contribution in [0.15, 0.2) is 23.1 Å². The van der Waals surface area contributed by atoms with Crippen LogP contribution in [-0.4, -0.2) is 28.7 Å². The van der Waals surface area contributed by atoms with Gasteiger partial charge in [-0.2, -0.15) is 0 Å². The summed E-state index contributed by atoms with van der Waals surface area (Å²) < 4.78 is 13.9. The van der Waals surface area contributed by atoms with Gasteiger partial charge >= 0.3 is 0 Å². The first-order valence-electron chi connectivity index (χ1n) is 8.58. The second-order valence-electron chi connectivity index (χ2n) is 7.55. The Morgan fingerprint density at radius 2 is 2.25 bits per heavy atom. The Kier molecular flexibility index (Phi) is 2.66. The van der Waals surface area contributed by atoms with Crippen LogP contribution >= 0.6 is 0 Å². The van der Waals surface area contributed by atoms with Crippen LogP contribution in [0.3, 0.4) is 0 Å². The Balaban J connectivity index is 1.91. The second-order valence-corrected chi connectivity index (χ2v) is 7.55. The Morgan fingerprint density at radius 3 is 3.04 bits per heavy atom. The fourth-order valence-corrected chi connectivity index (χ4v) is 5.22. The van der Waals surface area contributed by atoms with Crippen molar-refractivity contribution >= 4 is 0 Å². The van der Waals surface area contributed by atoms with Gasteiger partial charge in [0.25, 0.3) is 0 Å². The number of aliphatic hydroxyl groups excluding tert-OH is 1. The molecule has 5 aliphatic rings. The first kappa shape index (κ1) is 14.5. The van der Waals surface area contributed by atoms with Crippen LogP contribution in [-0.2, 0) is 23.6 Å². The third-order valence-electron chi connectivity index (χ3n) is 6.45. The Hall–Kier alpha value is -1.85. The van der Waals surface area contributed by atoms with Crippen molar-refractivity contribution < 1.29 is 14.6 Å². The molecule has 5 rings (SSSR count). The van der Waals surface area contributed by atoms with Crippen LogP contribution in [0.25, 0.3) is 11.1 Å². The SMILES string of the molecule is COC12CC3(CCc4c5c3c(c(=O)cc-5ccn4C)O1)CCC2O. The zero-order valence-electron chi connectivity index (χ0n) is 14.0. The third-order valence-corrected chi connectivity index (χ3v) is 6.45. The van der Waals surface area contributed by atoms with Gasteiger partial charge in [-0.3, -0.25) is 4.79 Å². The van der Waals surface area contributed by atoms with Crippen molar-refractivity contribution in [2.75, 3.05) is 7.11 Å². The van der Waals surface area contributed by atoms with Crippen molar-refractivity contribution in [2.24, 2.45) is 7.05 Å². The average Bonchev–Trinajstić information content (AvgIpc) is 2.59. The summed E-state index contributed by atoms with van der Waals surface area (Å²) >= 11 is 0. The standard InChI is InChI=1S/C19H21NO4/c1-20-8-5-11-9-13(21)17-16-15(11)12(20)3-6-18(16)7-4-14(22)19(10-18,23-2)24-17/h5,8-9,14,22H,3-4,6-7,10H2,1-2H3. The molecule has 3 aliphatic carbocycles. The van der Waals surface area contributed by atoms with Crippen molar-refractivity contribution in [3.8, 4) is 16.9 Å². The first-order chi connectivity index (χ1) is 11.5. The van der Waals surface area contributed by atoms with E-state index in [0.717, 1.165) is 30.4 Å². The third kappa shape index (κ3) is 1.55. The molecule has 2 heterocycles. The van der Waals surface area contributed by atoms with Gasteiger partial charge in [0.05, 0.1) is 0 Å². The van der Waals surface area contributed by atoms with E-state index in [9.17, 15) is 9.90 Å². The van der Waals surface area contributed by atoms with Crippen LogP contribution in [0.5, 0.6) is 5.75 Å². The van der Waals surface area contributed by atoms with E-state index in [1.54, 1.807) is 13.2 Å². The summed E-state index contributed by atoms with van der Waals surface area (Å²) in [5.74, 6) is -0.700. The van der Waals surface area contributed by atoms with E-state index in [2.05, 4.69) is 11.6 Å². The van der Waals surface area contributed by atoms with Gasteiger partial charge in [-0.05, 0) is 43.4 Å². The molecule has 3 unspecified atom stereocenters. The molecule has 0 saturated heterocycles. The summed E-state index contributed by atoms with van der Waals surface area (Å²) in [5, 5.41) is 10.5. The zero-order valence-corrected chi connectivity index (χ0v) is 14.0. The summed E-state index contributed by atoms with van der Waals surface area (Å²) in [5.41, 5.74) is 4.23. The molecule has 0 aromatic heterocycles. The molecular weight excluding hydrogens is 306 g/mol. The molecule has 0 amide bonds. The molecule has 1 fully saturated rings. The summed E-state index contributed by atoms with van der Waals surface area (Å²) in [6.45, 7) is 0. The number of ether oxygens (including phenoxy) is 2. The Bertz CT molecular complexity index is 888. The molecule has 5 nitrogen and oxygen atoms in total. The molecule has 24 heavy (non-hydrogen) atoms. The number of fused-ring (bicyclic) bond motifs is 1. The van der Waals surface area contributed by atoms with E-state index in [4.69, 9.17) is 9.47 Å². The fourth-order valence-electron chi connectivity index (χ4n) is 5.22. The number of nitrogens with zero attached hydrogens (tertiary/aromatic N) is 1. The van der Waals surface area contributed by atoms with Crippen molar-refractivity contribution in [3.05, 3.63) is 39.8 Å². The summed E-state index contributed by atoms with van der Waals surface area (Å²) in [6, 6.07) is 3.67. The highest BCUT2D eigenvalue weighted by Crippen LogP contribution is 2.59. The van der Waals surface area contributed by atoms with E-state index in [1.807, 2.05) is 12.3 Å². The predicted molar refractivity (Wildman–Crippen MR) is 88.5 cm³/mol. The van der Waals surface area contributed by atoms with Crippen molar-refractivity contribution in [3.63, 3.8) is 0 Å². The van der Waals surface area contributed by atoms with Gasteiger partial charge in [-0.1, -0.05) is 0 Å². The predicted octanol–water partition coefficient (Wildman–Crippen LogP) is 1.95.